The second-order valence-corrected chi connectivity index (χ2v) is 5.93. The molecule has 0 bridgehead atoms. The molecule has 0 aromatic heterocycles. The Morgan fingerprint density at radius 2 is 2.06 bits per heavy atom. The van der Waals surface area contributed by atoms with E-state index in [0.29, 0.717) is 19.6 Å². The SMILES string of the molecule is CC(=O)C(CN)C1CCN(C(=O)OC(C)(C)C)C1. The first kappa shape index (κ1) is 15.0. The van der Waals surface area contributed by atoms with Crippen LogP contribution in [0.3, 0.4) is 0 Å². The molecule has 1 heterocycles. The summed E-state index contributed by atoms with van der Waals surface area (Å²) in [6.07, 6.45) is 0.519. The van der Waals surface area contributed by atoms with Crippen molar-refractivity contribution in [2.75, 3.05) is 19.6 Å². The molecular weight excluding hydrogens is 232 g/mol. The molecule has 0 saturated carbocycles. The minimum absolute atomic E-state index is 0.105. The molecule has 2 unspecified atom stereocenters. The highest BCUT2D eigenvalue weighted by atomic mass is 16.6. The first-order valence-corrected chi connectivity index (χ1v) is 6.43. The molecule has 5 nitrogen and oxygen atoms in total. The average molecular weight is 256 g/mol. The predicted octanol–water partition coefficient (Wildman–Crippen LogP) is 1.41. The van der Waals surface area contributed by atoms with Crippen molar-refractivity contribution < 1.29 is 14.3 Å². The summed E-state index contributed by atoms with van der Waals surface area (Å²) in [5.74, 6) is 0.131. The lowest BCUT2D eigenvalue weighted by molar-refractivity contribution is -0.121. The van der Waals surface area contributed by atoms with E-state index in [1.807, 2.05) is 20.8 Å². The van der Waals surface area contributed by atoms with Crippen molar-refractivity contribution in [3.63, 3.8) is 0 Å². The van der Waals surface area contributed by atoms with Crippen LogP contribution in [0.25, 0.3) is 0 Å². The Hall–Kier alpha value is -1.10. The molecule has 1 rings (SSSR count). The highest BCUT2D eigenvalue weighted by molar-refractivity contribution is 5.79. The highest BCUT2D eigenvalue weighted by Gasteiger charge is 2.35. The molecule has 1 aliphatic heterocycles. The van der Waals surface area contributed by atoms with Gasteiger partial charge in [-0.3, -0.25) is 4.79 Å². The van der Waals surface area contributed by atoms with Crippen LogP contribution >= 0.6 is 0 Å². The van der Waals surface area contributed by atoms with Gasteiger partial charge in [-0.15, -0.1) is 0 Å². The van der Waals surface area contributed by atoms with Gasteiger partial charge >= 0.3 is 6.09 Å². The molecule has 0 aliphatic carbocycles. The third-order valence-electron chi connectivity index (χ3n) is 3.22. The van der Waals surface area contributed by atoms with Crippen LogP contribution in [0.5, 0.6) is 0 Å². The number of carbonyl (C=O) groups excluding carboxylic acids is 2. The second kappa shape index (κ2) is 5.69. The van der Waals surface area contributed by atoms with Crippen LogP contribution in [0.2, 0.25) is 0 Å². The summed E-state index contributed by atoms with van der Waals surface area (Å²) in [5.41, 5.74) is 5.14. The summed E-state index contributed by atoms with van der Waals surface area (Å²) >= 11 is 0. The minimum Gasteiger partial charge on any atom is -0.444 e. The number of hydrogen-bond donors (Lipinski definition) is 1. The zero-order valence-corrected chi connectivity index (χ0v) is 11.7. The smallest absolute Gasteiger partial charge is 0.410 e. The van der Waals surface area contributed by atoms with Gasteiger partial charge in [-0.1, -0.05) is 0 Å². The van der Waals surface area contributed by atoms with Crippen LogP contribution in [0.1, 0.15) is 34.1 Å². The van der Waals surface area contributed by atoms with Crippen LogP contribution in [0.4, 0.5) is 4.79 Å². The summed E-state index contributed by atoms with van der Waals surface area (Å²) in [6, 6.07) is 0. The van der Waals surface area contributed by atoms with Crippen molar-refractivity contribution in [2.24, 2.45) is 17.6 Å². The molecule has 1 aliphatic rings. The van der Waals surface area contributed by atoms with E-state index >= 15 is 0 Å². The molecule has 0 radical (unpaired) electrons. The Kier molecular flexibility index (Phi) is 4.73. The van der Waals surface area contributed by atoms with E-state index in [4.69, 9.17) is 10.5 Å². The Morgan fingerprint density at radius 3 is 2.50 bits per heavy atom. The lowest BCUT2D eigenvalue weighted by Crippen LogP contribution is -2.37. The molecule has 1 saturated heterocycles. The van der Waals surface area contributed by atoms with E-state index in [1.54, 1.807) is 11.8 Å². The average Bonchev–Trinajstić information content (AvgIpc) is 2.64. The number of likely N-dealkylation sites (tertiary alicyclic amines) is 1. The van der Waals surface area contributed by atoms with Gasteiger partial charge in [0.25, 0.3) is 0 Å². The number of ether oxygens (including phenoxy) is 1. The molecule has 1 fully saturated rings. The standard InChI is InChI=1S/C13H24N2O3/c1-9(16)11(7-14)10-5-6-15(8-10)12(17)18-13(2,3)4/h10-11H,5-8,14H2,1-4H3. The fraction of sp³-hybridized carbons (Fsp3) is 0.846. The Labute approximate surface area is 109 Å². The van der Waals surface area contributed by atoms with E-state index in [2.05, 4.69) is 0 Å². The summed E-state index contributed by atoms with van der Waals surface area (Å²) in [5, 5.41) is 0. The van der Waals surface area contributed by atoms with Gasteiger partial charge in [0.1, 0.15) is 11.4 Å². The van der Waals surface area contributed by atoms with Gasteiger partial charge in [0, 0.05) is 25.6 Å². The maximum atomic E-state index is 11.9. The first-order chi connectivity index (χ1) is 8.24. The summed E-state index contributed by atoms with van der Waals surface area (Å²) in [6.45, 7) is 8.65. The molecule has 2 atom stereocenters. The van der Waals surface area contributed by atoms with Gasteiger partial charge in [0.05, 0.1) is 0 Å². The predicted molar refractivity (Wildman–Crippen MR) is 69.1 cm³/mol. The van der Waals surface area contributed by atoms with Crippen LogP contribution in [0.15, 0.2) is 0 Å². The maximum Gasteiger partial charge on any atom is 0.410 e. The number of ketones is 1. The quantitative estimate of drug-likeness (QED) is 0.828. The van der Waals surface area contributed by atoms with Crippen LogP contribution in [-0.4, -0.2) is 42.0 Å². The van der Waals surface area contributed by atoms with Crippen molar-refractivity contribution in [1.29, 1.82) is 0 Å². The topological polar surface area (TPSA) is 72.6 Å². The lowest BCUT2D eigenvalue weighted by atomic mass is 9.88. The van der Waals surface area contributed by atoms with Gasteiger partial charge in [-0.05, 0) is 40.0 Å². The third kappa shape index (κ3) is 3.98. The lowest BCUT2D eigenvalue weighted by Gasteiger charge is -2.25. The number of amides is 1. The zero-order chi connectivity index (χ0) is 13.9. The van der Waals surface area contributed by atoms with Crippen molar-refractivity contribution >= 4 is 11.9 Å². The van der Waals surface area contributed by atoms with Gasteiger partial charge in [0.15, 0.2) is 0 Å². The molecule has 104 valence electrons. The molecule has 0 aromatic carbocycles. The van der Waals surface area contributed by atoms with Crippen molar-refractivity contribution in [3.8, 4) is 0 Å². The van der Waals surface area contributed by atoms with Crippen molar-refractivity contribution in [1.82, 2.24) is 4.90 Å². The molecular formula is C13H24N2O3. The van der Waals surface area contributed by atoms with E-state index in [-0.39, 0.29) is 23.7 Å². The number of nitrogens with two attached hydrogens (primary N) is 1. The normalized spacial score (nSPS) is 21.8. The van der Waals surface area contributed by atoms with Crippen molar-refractivity contribution in [2.45, 2.75) is 39.7 Å². The largest absolute Gasteiger partial charge is 0.444 e. The summed E-state index contributed by atoms with van der Waals surface area (Å²) < 4.78 is 5.31. The molecule has 0 aromatic rings. The third-order valence-corrected chi connectivity index (χ3v) is 3.22. The first-order valence-electron chi connectivity index (χ1n) is 6.43. The second-order valence-electron chi connectivity index (χ2n) is 5.93. The number of carbonyl (C=O) groups is 2. The molecule has 18 heavy (non-hydrogen) atoms. The fourth-order valence-electron chi connectivity index (χ4n) is 2.30. The fourth-order valence-corrected chi connectivity index (χ4v) is 2.30. The van der Waals surface area contributed by atoms with Gasteiger partial charge in [-0.25, -0.2) is 4.79 Å². The Balaban J connectivity index is 2.55. The monoisotopic (exact) mass is 256 g/mol. The van der Waals surface area contributed by atoms with E-state index in [9.17, 15) is 9.59 Å². The van der Waals surface area contributed by atoms with Crippen LogP contribution < -0.4 is 5.73 Å². The van der Waals surface area contributed by atoms with E-state index in [1.165, 1.54) is 0 Å². The highest BCUT2D eigenvalue weighted by Crippen LogP contribution is 2.25. The Morgan fingerprint density at radius 1 is 1.44 bits per heavy atom. The van der Waals surface area contributed by atoms with Gasteiger partial charge in [-0.2, -0.15) is 0 Å². The van der Waals surface area contributed by atoms with E-state index < -0.39 is 5.60 Å². The minimum atomic E-state index is -0.483. The summed E-state index contributed by atoms with van der Waals surface area (Å²) in [7, 11) is 0. The van der Waals surface area contributed by atoms with Crippen molar-refractivity contribution in [3.05, 3.63) is 0 Å². The number of rotatable bonds is 3. The molecule has 1 amide bonds. The molecule has 5 heteroatoms. The van der Waals surface area contributed by atoms with Gasteiger partial charge in [0.2, 0.25) is 0 Å². The van der Waals surface area contributed by atoms with Crippen LogP contribution in [0, 0.1) is 11.8 Å². The van der Waals surface area contributed by atoms with Gasteiger partial charge < -0.3 is 15.4 Å². The maximum absolute atomic E-state index is 11.9. The molecule has 0 spiro atoms. The van der Waals surface area contributed by atoms with Crippen LogP contribution in [-0.2, 0) is 9.53 Å². The summed E-state index contributed by atoms with van der Waals surface area (Å²) in [4.78, 5) is 25.0. The Bertz CT molecular complexity index is 323. The molecule has 2 N–H and O–H groups in total. The number of nitrogens with zero attached hydrogens (tertiary/aromatic N) is 1. The zero-order valence-electron chi connectivity index (χ0n) is 11.7. The van der Waals surface area contributed by atoms with E-state index in [0.717, 1.165) is 6.42 Å². The number of hydrogen-bond acceptors (Lipinski definition) is 4. The number of Topliss-reactive ketones (excluding diaryl/α,β-unsaturated/α-hetero) is 1.